The quantitative estimate of drug-likeness (QED) is 0.733. The van der Waals surface area contributed by atoms with E-state index >= 15 is 0 Å². The Hall–Kier alpha value is -1.04. The van der Waals surface area contributed by atoms with Crippen molar-refractivity contribution >= 4 is 27.5 Å². The molecule has 1 heterocycles. The number of benzene rings is 1. The van der Waals surface area contributed by atoms with Gasteiger partial charge in [-0.3, -0.25) is 0 Å². The van der Waals surface area contributed by atoms with Crippen LogP contribution in [0.15, 0.2) is 27.1 Å². The molecule has 2 rings (SSSR count). The number of hydrogen-bond donors (Lipinski definition) is 1. The van der Waals surface area contributed by atoms with Gasteiger partial charge in [0, 0.05) is 18.2 Å². The maximum Gasteiger partial charge on any atom is 0.146 e. The molecule has 2 aromatic rings. The molecule has 0 amide bonds. The number of nitrogens with one attached hydrogen (secondary N) is 1. The van der Waals surface area contributed by atoms with Crippen LogP contribution in [0, 0.1) is 12.7 Å². The van der Waals surface area contributed by atoms with Gasteiger partial charge in [0.2, 0.25) is 0 Å². The van der Waals surface area contributed by atoms with Crippen molar-refractivity contribution in [3.63, 3.8) is 0 Å². The fraction of sp³-hybridized carbons (Fsp3) is 0.333. The van der Waals surface area contributed by atoms with E-state index in [0.29, 0.717) is 16.0 Å². The minimum absolute atomic E-state index is 0.0518. The Morgan fingerprint density at radius 1 is 1.38 bits per heavy atom. The predicted octanol–water partition coefficient (Wildman–Crippen LogP) is 4.83. The molecule has 6 heteroatoms. The molecule has 0 unspecified atom stereocenters. The predicted molar refractivity (Wildman–Crippen MR) is 84.3 cm³/mol. The summed E-state index contributed by atoms with van der Waals surface area (Å²) in [6.07, 6.45) is 0. The van der Waals surface area contributed by atoms with Gasteiger partial charge in [-0.25, -0.2) is 4.39 Å². The van der Waals surface area contributed by atoms with Crippen LogP contribution in [-0.2, 0) is 13.2 Å². The summed E-state index contributed by atoms with van der Waals surface area (Å²) >= 11 is 8.98. The van der Waals surface area contributed by atoms with Crippen molar-refractivity contribution in [3.8, 4) is 5.75 Å². The Bertz CT molecular complexity index is 630. The topological polar surface area (TPSA) is 34.4 Å². The zero-order valence-corrected chi connectivity index (χ0v) is 14.1. The van der Waals surface area contributed by atoms with Crippen molar-refractivity contribution in [2.75, 3.05) is 6.54 Å². The zero-order valence-electron chi connectivity index (χ0n) is 11.8. The third-order valence-electron chi connectivity index (χ3n) is 2.98. The second-order valence-electron chi connectivity index (χ2n) is 4.56. The first-order valence-corrected chi connectivity index (χ1v) is 7.74. The van der Waals surface area contributed by atoms with Crippen molar-refractivity contribution in [1.29, 1.82) is 0 Å². The Balaban J connectivity index is 2.05. The molecule has 1 aromatic carbocycles. The normalized spacial score (nSPS) is 10.9. The first kappa shape index (κ1) is 16.3. The van der Waals surface area contributed by atoms with E-state index in [1.807, 2.05) is 19.9 Å². The fourth-order valence-electron chi connectivity index (χ4n) is 1.86. The molecule has 1 N–H and O–H groups in total. The summed E-state index contributed by atoms with van der Waals surface area (Å²) in [5, 5.41) is 3.29. The molecule has 0 atom stereocenters. The molecule has 0 saturated heterocycles. The number of halogens is 3. The molecule has 0 spiro atoms. The van der Waals surface area contributed by atoms with E-state index < -0.39 is 5.82 Å². The Morgan fingerprint density at radius 2 is 2.14 bits per heavy atom. The number of rotatable bonds is 6. The van der Waals surface area contributed by atoms with Crippen LogP contribution in [-0.4, -0.2) is 6.54 Å². The molecule has 0 aliphatic heterocycles. The molecule has 21 heavy (non-hydrogen) atoms. The average molecular weight is 377 g/mol. The summed E-state index contributed by atoms with van der Waals surface area (Å²) in [7, 11) is 0. The monoisotopic (exact) mass is 375 g/mol. The Morgan fingerprint density at radius 3 is 2.86 bits per heavy atom. The lowest BCUT2D eigenvalue weighted by Gasteiger charge is -2.07. The molecule has 3 nitrogen and oxygen atoms in total. The van der Waals surface area contributed by atoms with E-state index in [-0.39, 0.29) is 11.6 Å². The number of aryl methyl sites for hydroxylation is 1. The van der Waals surface area contributed by atoms with Gasteiger partial charge in [0.25, 0.3) is 0 Å². The van der Waals surface area contributed by atoms with E-state index in [2.05, 4.69) is 21.2 Å². The molecule has 0 bridgehead atoms. The summed E-state index contributed by atoms with van der Waals surface area (Å²) < 4.78 is 25.2. The smallest absolute Gasteiger partial charge is 0.146 e. The van der Waals surface area contributed by atoms with Gasteiger partial charge >= 0.3 is 0 Å². The summed E-state index contributed by atoms with van der Waals surface area (Å²) in [6, 6.07) is 4.66. The van der Waals surface area contributed by atoms with Gasteiger partial charge in [-0.2, -0.15) is 0 Å². The highest BCUT2D eigenvalue weighted by Gasteiger charge is 2.11. The second kappa shape index (κ2) is 7.29. The van der Waals surface area contributed by atoms with Crippen LogP contribution in [0.3, 0.4) is 0 Å². The van der Waals surface area contributed by atoms with Gasteiger partial charge in [0.15, 0.2) is 0 Å². The lowest BCUT2D eigenvalue weighted by Crippen LogP contribution is -2.11. The van der Waals surface area contributed by atoms with E-state index in [9.17, 15) is 4.39 Å². The average Bonchev–Trinajstić information content (AvgIpc) is 2.79. The number of furan rings is 1. The summed E-state index contributed by atoms with van der Waals surface area (Å²) in [5.74, 6) is 1.43. The maximum atomic E-state index is 13.4. The van der Waals surface area contributed by atoms with Crippen molar-refractivity contribution in [1.82, 2.24) is 5.32 Å². The zero-order chi connectivity index (χ0) is 15.4. The van der Waals surface area contributed by atoms with Crippen LogP contribution in [0.1, 0.15) is 24.0 Å². The van der Waals surface area contributed by atoms with Crippen molar-refractivity contribution in [2.24, 2.45) is 0 Å². The van der Waals surface area contributed by atoms with E-state index in [4.69, 9.17) is 20.8 Å². The SMILES string of the molecule is CCNCc1cc(COc2cc(F)c(Cl)cc2Br)oc1C. The largest absolute Gasteiger partial charge is 0.484 e. The highest BCUT2D eigenvalue weighted by Crippen LogP contribution is 2.31. The molecule has 1 aromatic heterocycles. The minimum atomic E-state index is -0.515. The first-order valence-electron chi connectivity index (χ1n) is 6.57. The number of hydrogen-bond acceptors (Lipinski definition) is 3. The fourth-order valence-corrected chi connectivity index (χ4v) is 2.61. The van der Waals surface area contributed by atoms with Crippen LogP contribution in [0.5, 0.6) is 5.75 Å². The molecule has 0 aliphatic rings. The molecule has 0 aliphatic carbocycles. The van der Waals surface area contributed by atoms with Crippen LogP contribution < -0.4 is 10.1 Å². The highest BCUT2D eigenvalue weighted by atomic mass is 79.9. The number of ether oxygens (including phenoxy) is 1. The van der Waals surface area contributed by atoms with Crippen LogP contribution in [0.2, 0.25) is 5.02 Å². The van der Waals surface area contributed by atoms with E-state index in [1.165, 1.54) is 12.1 Å². The molecule has 0 radical (unpaired) electrons. The summed E-state index contributed by atoms with van der Waals surface area (Å²) in [6.45, 7) is 5.84. The summed E-state index contributed by atoms with van der Waals surface area (Å²) in [4.78, 5) is 0. The van der Waals surface area contributed by atoms with Crippen LogP contribution in [0.4, 0.5) is 4.39 Å². The van der Waals surface area contributed by atoms with E-state index in [0.717, 1.165) is 24.4 Å². The third kappa shape index (κ3) is 4.22. The van der Waals surface area contributed by atoms with Gasteiger partial charge in [0.1, 0.15) is 29.7 Å². The van der Waals surface area contributed by atoms with Crippen molar-refractivity contribution in [3.05, 3.63) is 50.6 Å². The summed E-state index contributed by atoms with van der Waals surface area (Å²) in [5.41, 5.74) is 1.09. The second-order valence-corrected chi connectivity index (χ2v) is 5.82. The van der Waals surface area contributed by atoms with Gasteiger partial charge in [0.05, 0.1) is 9.50 Å². The Kier molecular flexibility index (Phi) is 5.67. The van der Waals surface area contributed by atoms with Crippen molar-refractivity contribution < 1.29 is 13.5 Å². The molecular formula is C15H16BrClFNO2. The minimum Gasteiger partial charge on any atom is -0.484 e. The standard InChI is InChI=1S/C15H16BrClFNO2/c1-3-19-7-10-4-11(21-9(10)2)8-20-15-6-14(18)13(17)5-12(15)16/h4-6,19H,3,7-8H2,1-2H3. The van der Waals surface area contributed by atoms with Crippen molar-refractivity contribution in [2.45, 2.75) is 27.0 Å². The van der Waals surface area contributed by atoms with Gasteiger partial charge in [-0.05, 0) is 41.5 Å². The van der Waals surface area contributed by atoms with Crippen LogP contribution >= 0.6 is 27.5 Å². The first-order chi connectivity index (χ1) is 10.0. The van der Waals surface area contributed by atoms with Gasteiger partial charge < -0.3 is 14.5 Å². The maximum absolute atomic E-state index is 13.4. The highest BCUT2D eigenvalue weighted by molar-refractivity contribution is 9.10. The Labute approximate surface area is 136 Å². The third-order valence-corrected chi connectivity index (χ3v) is 3.89. The molecule has 0 saturated carbocycles. The molecular weight excluding hydrogens is 361 g/mol. The van der Waals surface area contributed by atoms with E-state index in [1.54, 1.807) is 0 Å². The lowest BCUT2D eigenvalue weighted by molar-refractivity contribution is 0.265. The lowest BCUT2D eigenvalue weighted by atomic mass is 10.2. The molecule has 0 fully saturated rings. The molecule has 114 valence electrons. The van der Waals surface area contributed by atoms with Crippen LogP contribution in [0.25, 0.3) is 0 Å². The van der Waals surface area contributed by atoms with Gasteiger partial charge in [-0.1, -0.05) is 18.5 Å². The van der Waals surface area contributed by atoms with Gasteiger partial charge in [-0.15, -0.1) is 0 Å².